The molecule has 2 aromatic rings. The number of halogens is 1. The number of rotatable bonds is 4. The van der Waals surface area contributed by atoms with Crippen molar-refractivity contribution in [3.05, 3.63) is 52.5 Å². The van der Waals surface area contributed by atoms with Crippen LogP contribution < -0.4 is 11.1 Å². The number of aryl methyl sites for hydroxylation is 1. The van der Waals surface area contributed by atoms with Crippen LogP contribution in [0, 0.1) is 0 Å². The van der Waals surface area contributed by atoms with E-state index in [1.807, 2.05) is 24.3 Å². The normalized spacial score (nSPS) is 10.2. The molecule has 3 N–H and O–H groups in total. The Morgan fingerprint density at radius 3 is 2.76 bits per heavy atom. The second kappa shape index (κ2) is 6.50. The van der Waals surface area contributed by atoms with Crippen LogP contribution in [0.25, 0.3) is 0 Å². The molecule has 0 aliphatic rings. The molecule has 2 rings (SSSR count). The number of nitrogens with two attached hydrogens (primary N) is 1. The van der Waals surface area contributed by atoms with E-state index < -0.39 is 5.97 Å². The average Bonchev–Trinajstić information content (AvgIpc) is 2.49. The van der Waals surface area contributed by atoms with Crippen LogP contribution in [0.5, 0.6) is 0 Å². The molecule has 0 fully saturated rings. The monoisotopic (exact) mass is 304 g/mol. The summed E-state index contributed by atoms with van der Waals surface area (Å²) in [7, 11) is 1.32. The van der Waals surface area contributed by atoms with Crippen LogP contribution in [-0.4, -0.2) is 13.1 Å². The number of carbonyl (C=O) groups is 1. The second-order valence-corrected chi connectivity index (χ2v) is 5.00. The lowest BCUT2D eigenvalue weighted by molar-refractivity contribution is 0.0602. The van der Waals surface area contributed by atoms with E-state index in [0.29, 0.717) is 22.0 Å². The molecular weight excluding hydrogens is 288 g/mol. The largest absolute Gasteiger partial charge is 0.465 e. The molecule has 0 saturated heterocycles. The van der Waals surface area contributed by atoms with E-state index in [0.717, 1.165) is 12.1 Å². The molecule has 0 amide bonds. The van der Waals surface area contributed by atoms with Gasteiger partial charge in [-0.3, -0.25) is 0 Å². The SMILES string of the molecule is CCc1cccc(Nc2c(Cl)cc(N)cc2C(=O)OC)c1. The van der Waals surface area contributed by atoms with Gasteiger partial charge in [-0.2, -0.15) is 0 Å². The highest BCUT2D eigenvalue weighted by Gasteiger charge is 2.16. The summed E-state index contributed by atoms with van der Waals surface area (Å²) in [6.07, 6.45) is 0.925. The van der Waals surface area contributed by atoms with Gasteiger partial charge in [0.1, 0.15) is 0 Å². The molecule has 0 unspecified atom stereocenters. The third-order valence-corrected chi connectivity index (χ3v) is 3.42. The molecule has 0 aliphatic carbocycles. The number of nitrogen functional groups attached to an aromatic ring is 1. The molecule has 0 spiro atoms. The number of carbonyl (C=O) groups excluding carboxylic acids is 1. The molecular formula is C16H17ClN2O2. The Hall–Kier alpha value is -2.20. The Balaban J connectivity index is 2.45. The molecule has 0 radical (unpaired) electrons. The van der Waals surface area contributed by atoms with Crippen molar-refractivity contribution in [3.63, 3.8) is 0 Å². The summed E-state index contributed by atoms with van der Waals surface area (Å²) in [6.45, 7) is 2.08. The quantitative estimate of drug-likeness (QED) is 0.661. The summed E-state index contributed by atoms with van der Waals surface area (Å²) in [6, 6.07) is 11.0. The van der Waals surface area contributed by atoms with Crippen molar-refractivity contribution < 1.29 is 9.53 Å². The number of esters is 1. The fourth-order valence-electron chi connectivity index (χ4n) is 2.04. The smallest absolute Gasteiger partial charge is 0.340 e. The minimum atomic E-state index is -0.488. The first-order valence-corrected chi connectivity index (χ1v) is 6.96. The van der Waals surface area contributed by atoms with Crippen LogP contribution in [0.2, 0.25) is 5.02 Å². The van der Waals surface area contributed by atoms with Crippen molar-refractivity contribution in [2.75, 3.05) is 18.2 Å². The van der Waals surface area contributed by atoms with E-state index in [1.54, 1.807) is 12.1 Å². The van der Waals surface area contributed by atoms with E-state index in [-0.39, 0.29) is 0 Å². The summed E-state index contributed by atoms with van der Waals surface area (Å²) in [5, 5.41) is 3.54. The van der Waals surface area contributed by atoms with Crippen LogP contribution in [-0.2, 0) is 11.2 Å². The maximum atomic E-state index is 11.9. The molecule has 0 aliphatic heterocycles. The molecule has 110 valence electrons. The molecule has 2 aromatic carbocycles. The average molecular weight is 305 g/mol. The first-order chi connectivity index (χ1) is 10.0. The number of nitrogens with one attached hydrogen (secondary N) is 1. The van der Waals surface area contributed by atoms with Crippen LogP contribution in [0.15, 0.2) is 36.4 Å². The zero-order valence-corrected chi connectivity index (χ0v) is 12.7. The minimum Gasteiger partial charge on any atom is -0.465 e. The Morgan fingerprint density at radius 1 is 1.33 bits per heavy atom. The van der Waals surface area contributed by atoms with Crippen molar-refractivity contribution in [1.82, 2.24) is 0 Å². The lowest BCUT2D eigenvalue weighted by Gasteiger charge is -2.14. The summed E-state index contributed by atoms with van der Waals surface area (Å²) in [4.78, 5) is 11.9. The van der Waals surface area contributed by atoms with Crippen LogP contribution >= 0.6 is 11.6 Å². The fourth-order valence-corrected chi connectivity index (χ4v) is 2.31. The van der Waals surface area contributed by atoms with Gasteiger partial charge in [-0.25, -0.2) is 4.79 Å². The topological polar surface area (TPSA) is 64.3 Å². The van der Waals surface area contributed by atoms with Crippen molar-refractivity contribution in [2.24, 2.45) is 0 Å². The molecule has 0 heterocycles. The van der Waals surface area contributed by atoms with Crippen LogP contribution in [0.3, 0.4) is 0 Å². The lowest BCUT2D eigenvalue weighted by atomic mass is 10.1. The third kappa shape index (κ3) is 3.47. The number of hydrogen-bond acceptors (Lipinski definition) is 4. The predicted molar refractivity (Wildman–Crippen MR) is 86.3 cm³/mol. The number of methoxy groups -OCH3 is 1. The standard InChI is InChI=1S/C16H17ClN2O2/c1-3-10-5-4-6-12(7-10)19-15-13(16(20)21-2)8-11(18)9-14(15)17/h4-9,19H,3,18H2,1-2H3. The molecule has 4 nitrogen and oxygen atoms in total. The molecule has 0 bridgehead atoms. The number of anilines is 3. The lowest BCUT2D eigenvalue weighted by Crippen LogP contribution is -2.07. The maximum absolute atomic E-state index is 11.9. The predicted octanol–water partition coefficient (Wildman–Crippen LogP) is 4.01. The van der Waals surface area contributed by atoms with Gasteiger partial charge in [0.15, 0.2) is 0 Å². The third-order valence-electron chi connectivity index (χ3n) is 3.12. The highest BCUT2D eigenvalue weighted by atomic mass is 35.5. The summed E-state index contributed by atoms with van der Waals surface area (Å²) < 4.78 is 4.78. The van der Waals surface area contributed by atoms with Crippen molar-refractivity contribution in [2.45, 2.75) is 13.3 Å². The number of hydrogen-bond donors (Lipinski definition) is 2. The van der Waals surface area contributed by atoms with Crippen LogP contribution in [0.4, 0.5) is 17.1 Å². The molecule has 0 atom stereocenters. The van der Waals surface area contributed by atoms with Crippen LogP contribution in [0.1, 0.15) is 22.8 Å². The van der Waals surface area contributed by atoms with E-state index in [1.165, 1.54) is 12.7 Å². The Kier molecular flexibility index (Phi) is 4.70. The fraction of sp³-hybridized carbons (Fsp3) is 0.188. The van der Waals surface area contributed by atoms with E-state index in [2.05, 4.69) is 12.2 Å². The van der Waals surface area contributed by atoms with Crippen molar-refractivity contribution in [1.29, 1.82) is 0 Å². The van der Waals surface area contributed by atoms with Gasteiger partial charge >= 0.3 is 5.97 Å². The van der Waals surface area contributed by atoms with Gasteiger partial charge < -0.3 is 15.8 Å². The highest BCUT2D eigenvalue weighted by Crippen LogP contribution is 2.32. The Morgan fingerprint density at radius 2 is 2.10 bits per heavy atom. The molecule has 0 saturated carbocycles. The van der Waals surface area contributed by atoms with Gasteiger partial charge in [-0.15, -0.1) is 0 Å². The summed E-state index contributed by atoms with van der Waals surface area (Å²) in [5.74, 6) is -0.488. The Bertz CT molecular complexity index is 671. The molecule has 21 heavy (non-hydrogen) atoms. The van der Waals surface area contributed by atoms with E-state index >= 15 is 0 Å². The van der Waals surface area contributed by atoms with Gasteiger partial charge in [0.2, 0.25) is 0 Å². The molecule has 5 heteroatoms. The molecule has 0 aromatic heterocycles. The Labute approximate surface area is 128 Å². The van der Waals surface area contributed by atoms with Gasteiger partial charge in [-0.05, 0) is 36.2 Å². The minimum absolute atomic E-state index is 0.310. The zero-order valence-electron chi connectivity index (χ0n) is 11.9. The van der Waals surface area contributed by atoms with Gasteiger partial charge in [0.05, 0.1) is 23.4 Å². The second-order valence-electron chi connectivity index (χ2n) is 4.60. The maximum Gasteiger partial charge on any atom is 0.340 e. The first kappa shape index (κ1) is 15.2. The summed E-state index contributed by atoms with van der Waals surface area (Å²) >= 11 is 6.21. The van der Waals surface area contributed by atoms with Crippen molar-refractivity contribution >= 4 is 34.6 Å². The van der Waals surface area contributed by atoms with Gasteiger partial charge in [0, 0.05) is 11.4 Å². The van der Waals surface area contributed by atoms with E-state index in [4.69, 9.17) is 22.1 Å². The van der Waals surface area contributed by atoms with Crippen molar-refractivity contribution in [3.8, 4) is 0 Å². The van der Waals surface area contributed by atoms with E-state index in [9.17, 15) is 4.79 Å². The zero-order chi connectivity index (χ0) is 15.4. The summed E-state index contributed by atoms with van der Waals surface area (Å²) in [5.41, 5.74) is 8.99. The number of benzene rings is 2. The first-order valence-electron chi connectivity index (χ1n) is 6.58. The van der Waals surface area contributed by atoms with Gasteiger partial charge in [-0.1, -0.05) is 30.7 Å². The van der Waals surface area contributed by atoms with Gasteiger partial charge in [0.25, 0.3) is 0 Å². The highest BCUT2D eigenvalue weighted by molar-refractivity contribution is 6.34. The number of ether oxygens (including phenoxy) is 1.